The predicted molar refractivity (Wildman–Crippen MR) is 131 cm³/mol. The zero-order valence-corrected chi connectivity index (χ0v) is 18.7. The fourth-order valence-corrected chi connectivity index (χ4v) is 4.74. The summed E-state index contributed by atoms with van der Waals surface area (Å²) < 4.78 is 30.4. The average molecular weight is 456 g/mol. The van der Waals surface area contributed by atoms with Gasteiger partial charge in [-0.2, -0.15) is 0 Å². The molecule has 1 aliphatic heterocycles. The maximum absolute atomic E-state index is 14.4. The molecule has 1 aliphatic rings. The molecule has 0 aliphatic carbocycles. The van der Waals surface area contributed by atoms with E-state index in [1.54, 1.807) is 13.1 Å². The zero-order chi connectivity index (χ0) is 23.2. The van der Waals surface area contributed by atoms with Gasteiger partial charge in [-0.05, 0) is 54.4 Å². The van der Waals surface area contributed by atoms with Crippen molar-refractivity contribution in [3.8, 4) is 22.4 Å². The Labute approximate surface area is 195 Å². The highest BCUT2D eigenvalue weighted by molar-refractivity contribution is 5.94. The summed E-state index contributed by atoms with van der Waals surface area (Å²) in [5.74, 6) is -1.29. The maximum atomic E-state index is 14.4. The van der Waals surface area contributed by atoms with Crippen molar-refractivity contribution in [3.63, 3.8) is 0 Å². The summed E-state index contributed by atoms with van der Waals surface area (Å²) >= 11 is 0. The molecule has 0 bridgehead atoms. The molecule has 0 saturated carbocycles. The van der Waals surface area contributed by atoms with E-state index in [1.165, 1.54) is 11.8 Å². The molecule has 3 aromatic heterocycles. The first-order chi connectivity index (χ1) is 16.6. The van der Waals surface area contributed by atoms with Crippen molar-refractivity contribution in [1.82, 2.24) is 19.7 Å². The fraction of sp³-hybridized carbons (Fsp3) is 0.185. The number of benzene rings is 2. The van der Waals surface area contributed by atoms with E-state index in [1.807, 2.05) is 28.8 Å². The van der Waals surface area contributed by atoms with Gasteiger partial charge in [-0.15, -0.1) is 0 Å². The van der Waals surface area contributed by atoms with Crippen LogP contribution in [0.1, 0.15) is 5.69 Å². The van der Waals surface area contributed by atoms with Crippen LogP contribution in [0.2, 0.25) is 0 Å². The third-order valence-corrected chi connectivity index (χ3v) is 6.43. The Bertz CT molecular complexity index is 1520. The summed E-state index contributed by atoms with van der Waals surface area (Å²) in [7, 11) is 0. The van der Waals surface area contributed by atoms with E-state index in [0.717, 1.165) is 54.7 Å². The quantitative estimate of drug-likeness (QED) is 0.406. The number of hydrogen-bond donors (Lipinski definition) is 1. The van der Waals surface area contributed by atoms with Crippen molar-refractivity contribution in [2.75, 3.05) is 31.1 Å². The lowest BCUT2D eigenvalue weighted by Crippen LogP contribution is -2.43. The summed E-state index contributed by atoms with van der Waals surface area (Å²) in [6.07, 6.45) is 3.69. The number of aryl methyl sites for hydroxylation is 1. The minimum absolute atomic E-state index is 0.160. The Morgan fingerprint density at radius 2 is 1.71 bits per heavy atom. The second-order valence-electron chi connectivity index (χ2n) is 8.67. The van der Waals surface area contributed by atoms with Crippen LogP contribution in [0.4, 0.5) is 14.5 Å². The van der Waals surface area contributed by atoms with Gasteiger partial charge in [0.15, 0.2) is 5.82 Å². The van der Waals surface area contributed by atoms with Gasteiger partial charge < -0.3 is 10.2 Å². The highest BCUT2D eigenvalue weighted by atomic mass is 19.1. The van der Waals surface area contributed by atoms with Gasteiger partial charge in [0, 0.05) is 60.8 Å². The molecule has 5 aromatic rings. The van der Waals surface area contributed by atoms with E-state index in [0.29, 0.717) is 16.6 Å². The molecule has 4 heterocycles. The van der Waals surface area contributed by atoms with E-state index in [4.69, 9.17) is 0 Å². The number of nitrogens with zero attached hydrogens (tertiary/aromatic N) is 4. The molecule has 2 aromatic carbocycles. The first kappa shape index (κ1) is 20.7. The van der Waals surface area contributed by atoms with Gasteiger partial charge in [0.05, 0.1) is 11.9 Å². The van der Waals surface area contributed by atoms with Crippen LogP contribution in [0.5, 0.6) is 0 Å². The predicted octanol–water partition coefficient (Wildman–Crippen LogP) is 5.21. The molecule has 1 saturated heterocycles. The first-order valence-electron chi connectivity index (χ1n) is 11.4. The number of nitrogens with one attached hydrogen (secondary N) is 1. The number of imidazole rings is 1. The number of fused-ring (bicyclic) bond motifs is 2. The monoisotopic (exact) mass is 455 g/mol. The van der Waals surface area contributed by atoms with Crippen molar-refractivity contribution < 1.29 is 8.78 Å². The van der Waals surface area contributed by atoms with Crippen LogP contribution in [0, 0.1) is 18.6 Å². The summed E-state index contributed by atoms with van der Waals surface area (Å²) in [4.78, 5) is 11.3. The second-order valence-corrected chi connectivity index (χ2v) is 8.67. The molecule has 1 fully saturated rings. The van der Waals surface area contributed by atoms with Gasteiger partial charge in [0.25, 0.3) is 0 Å². The van der Waals surface area contributed by atoms with Crippen LogP contribution < -0.4 is 10.2 Å². The van der Waals surface area contributed by atoms with Crippen LogP contribution in [0.15, 0.2) is 67.0 Å². The van der Waals surface area contributed by atoms with Crippen LogP contribution in [0.25, 0.3) is 38.9 Å². The normalized spacial score (nSPS) is 14.3. The Morgan fingerprint density at radius 3 is 2.50 bits per heavy atom. The number of aromatic nitrogens is 3. The molecule has 5 nitrogen and oxygen atoms in total. The second kappa shape index (κ2) is 8.18. The molecular weight excluding hydrogens is 432 g/mol. The molecule has 0 amide bonds. The standard InChI is InChI=1S/C27H23F2N5/c1-17-12-22(23-14-20(28)15-24(29)27(23)32-17)25-16-31-26-13-19(6-9-34(25)26)18-2-4-21(5-3-18)33-10-7-30-8-11-33/h2-6,9,12-16,30H,7-8,10-11H2,1H3. The summed E-state index contributed by atoms with van der Waals surface area (Å²) in [5, 5.41) is 3.81. The van der Waals surface area contributed by atoms with E-state index < -0.39 is 11.6 Å². The Morgan fingerprint density at radius 1 is 0.912 bits per heavy atom. The summed E-state index contributed by atoms with van der Waals surface area (Å²) in [5.41, 5.74) is 6.44. The van der Waals surface area contributed by atoms with Crippen LogP contribution in [0.3, 0.4) is 0 Å². The van der Waals surface area contributed by atoms with Crippen molar-refractivity contribution in [1.29, 1.82) is 0 Å². The third kappa shape index (κ3) is 3.58. The van der Waals surface area contributed by atoms with Crippen molar-refractivity contribution in [2.24, 2.45) is 0 Å². The molecule has 1 N–H and O–H groups in total. The lowest BCUT2D eigenvalue weighted by Gasteiger charge is -2.29. The number of piperazine rings is 1. The molecule has 0 radical (unpaired) electrons. The van der Waals surface area contributed by atoms with Gasteiger partial charge in [-0.25, -0.2) is 18.7 Å². The lowest BCUT2D eigenvalue weighted by molar-refractivity contribution is 0.589. The highest BCUT2D eigenvalue weighted by Crippen LogP contribution is 2.32. The number of anilines is 1. The van der Waals surface area contributed by atoms with E-state index in [9.17, 15) is 8.78 Å². The van der Waals surface area contributed by atoms with Crippen molar-refractivity contribution in [2.45, 2.75) is 6.92 Å². The molecule has 0 atom stereocenters. The van der Waals surface area contributed by atoms with Gasteiger partial charge >= 0.3 is 0 Å². The Kier molecular flexibility index (Phi) is 4.99. The SMILES string of the molecule is Cc1cc(-c2cnc3cc(-c4ccc(N5CCNCC5)cc4)ccn23)c2cc(F)cc(F)c2n1. The van der Waals surface area contributed by atoms with E-state index in [2.05, 4.69) is 44.5 Å². The number of halogens is 2. The fourth-order valence-electron chi connectivity index (χ4n) is 4.74. The Balaban J connectivity index is 1.39. The number of hydrogen-bond acceptors (Lipinski definition) is 4. The molecular formula is C27H23F2N5. The molecule has 0 unspecified atom stereocenters. The van der Waals surface area contributed by atoms with Crippen LogP contribution in [-0.4, -0.2) is 40.5 Å². The number of rotatable bonds is 3. The topological polar surface area (TPSA) is 45.5 Å². The minimum Gasteiger partial charge on any atom is -0.369 e. The summed E-state index contributed by atoms with van der Waals surface area (Å²) in [6, 6.07) is 16.7. The minimum atomic E-state index is -0.666. The van der Waals surface area contributed by atoms with E-state index >= 15 is 0 Å². The van der Waals surface area contributed by atoms with E-state index in [-0.39, 0.29) is 5.52 Å². The molecule has 170 valence electrons. The number of pyridine rings is 2. The zero-order valence-electron chi connectivity index (χ0n) is 18.7. The summed E-state index contributed by atoms with van der Waals surface area (Å²) in [6.45, 7) is 5.84. The average Bonchev–Trinajstić information content (AvgIpc) is 3.28. The van der Waals surface area contributed by atoms with Gasteiger partial charge in [0.2, 0.25) is 0 Å². The van der Waals surface area contributed by atoms with Crippen LogP contribution >= 0.6 is 0 Å². The van der Waals surface area contributed by atoms with Gasteiger partial charge in [0.1, 0.15) is 17.0 Å². The maximum Gasteiger partial charge on any atom is 0.152 e. The van der Waals surface area contributed by atoms with Gasteiger partial charge in [-0.1, -0.05) is 12.1 Å². The molecule has 7 heteroatoms. The largest absolute Gasteiger partial charge is 0.369 e. The first-order valence-corrected chi connectivity index (χ1v) is 11.4. The van der Waals surface area contributed by atoms with Crippen LogP contribution in [-0.2, 0) is 0 Å². The molecule has 6 rings (SSSR count). The smallest absolute Gasteiger partial charge is 0.152 e. The van der Waals surface area contributed by atoms with Crippen molar-refractivity contribution >= 4 is 22.2 Å². The Hall–Kier alpha value is -3.84. The molecule has 0 spiro atoms. The third-order valence-electron chi connectivity index (χ3n) is 6.43. The van der Waals surface area contributed by atoms with Crippen molar-refractivity contribution in [3.05, 3.63) is 84.3 Å². The highest BCUT2D eigenvalue weighted by Gasteiger charge is 2.16. The van der Waals surface area contributed by atoms with Gasteiger partial charge in [-0.3, -0.25) is 4.40 Å². The molecule has 34 heavy (non-hydrogen) atoms. The lowest BCUT2D eigenvalue weighted by atomic mass is 10.0.